The quantitative estimate of drug-likeness (QED) is 0.256. The molecule has 0 spiro atoms. The molecule has 1 unspecified atom stereocenters. The normalized spacial score (nSPS) is 11.4. The third-order valence-electron chi connectivity index (χ3n) is 4.52. The summed E-state index contributed by atoms with van der Waals surface area (Å²) >= 11 is 0. The molecule has 0 rings (SSSR count). The van der Waals surface area contributed by atoms with Crippen molar-refractivity contribution in [1.29, 1.82) is 0 Å². The summed E-state index contributed by atoms with van der Waals surface area (Å²) in [4.78, 5) is 31.9. The second kappa shape index (κ2) is 24.5. The third kappa shape index (κ3) is 25.3. The number of hydrogen-bond acceptors (Lipinski definition) is 3. The van der Waals surface area contributed by atoms with Crippen molar-refractivity contribution in [2.75, 3.05) is 14.1 Å². The second-order valence-corrected chi connectivity index (χ2v) is 8.28. The van der Waals surface area contributed by atoms with E-state index in [4.69, 9.17) is 5.73 Å². The second-order valence-electron chi connectivity index (χ2n) is 8.28. The van der Waals surface area contributed by atoms with Gasteiger partial charge in [-0.2, -0.15) is 14.1 Å². The summed E-state index contributed by atoms with van der Waals surface area (Å²) in [5.74, 6) is 0.286. The predicted octanol–water partition coefficient (Wildman–Crippen LogP) is 6.45. The number of nitrogens with one attached hydrogen (secondary N) is 2. The number of carbonyl (C=O) groups is 3. The Morgan fingerprint density at radius 2 is 1.43 bits per heavy atom. The first kappa shape index (κ1) is 43.2. The predicted molar refractivity (Wildman–Crippen MR) is 128 cm³/mol. The third-order valence-corrected chi connectivity index (χ3v) is 4.52. The van der Waals surface area contributed by atoms with Gasteiger partial charge in [0.1, 0.15) is 0 Å². The van der Waals surface area contributed by atoms with E-state index in [1.165, 1.54) is 0 Å². The van der Waals surface area contributed by atoms with Gasteiger partial charge in [0, 0.05) is 32.9 Å². The molecule has 184 valence electrons. The largest absolute Gasteiger partial charge is 0.668 e. The van der Waals surface area contributed by atoms with E-state index in [0.717, 1.165) is 12.8 Å². The zero-order chi connectivity index (χ0) is 23.6. The van der Waals surface area contributed by atoms with Crippen LogP contribution in [0.2, 0.25) is 0 Å². The SMILES string of the molecule is CC.CC(C)CC(C)(C)C([NH-])=O.CCC(C)(CC(=O)NC=O)C(C)C.C[N-]C.[CH3-].[W]. The summed E-state index contributed by atoms with van der Waals surface area (Å²) in [5, 5.41) is 5.67. The van der Waals surface area contributed by atoms with Gasteiger partial charge in [-0.05, 0) is 30.1 Å². The Kier molecular flexibility index (Phi) is 35.3. The fourth-order valence-corrected chi connectivity index (χ4v) is 2.33. The maximum Gasteiger partial charge on any atom is 0.226 e. The van der Waals surface area contributed by atoms with Crippen molar-refractivity contribution in [3.05, 3.63) is 18.5 Å². The molecule has 0 heterocycles. The van der Waals surface area contributed by atoms with Crippen LogP contribution in [0.3, 0.4) is 0 Å². The molecule has 0 aliphatic heterocycles. The van der Waals surface area contributed by atoms with Crippen LogP contribution in [-0.2, 0) is 35.4 Å². The minimum absolute atomic E-state index is 0. The van der Waals surface area contributed by atoms with E-state index in [1.54, 1.807) is 14.1 Å². The molecule has 0 bridgehead atoms. The fraction of sp³-hybridized carbons (Fsp3) is 0.826. The van der Waals surface area contributed by atoms with Crippen molar-refractivity contribution in [2.45, 2.75) is 88.5 Å². The van der Waals surface area contributed by atoms with Gasteiger partial charge in [-0.3, -0.25) is 14.9 Å². The van der Waals surface area contributed by atoms with Gasteiger partial charge in [-0.25, -0.2) is 0 Å². The van der Waals surface area contributed by atoms with Crippen LogP contribution in [0.4, 0.5) is 0 Å². The van der Waals surface area contributed by atoms with E-state index >= 15 is 0 Å². The molecule has 0 aliphatic rings. The van der Waals surface area contributed by atoms with Crippen LogP contribution in [0.25, 0.3) is 11.1 Å². The molecule has 0 aromatic heterocycles. The van der Waals surface area contributed by atoms with E-state index in [9.17, 15) is 14.4 Å². The van der Waals surface area contributed by atoms with Crippen molar-refractivity contribution in [1.82, 2.24) is 5.32 Å². The van der Waals surface area contributed by atoms with Crippen molar-refractivity contribution >= 4 is 18.2 Å². The van der Waals surface area contributed by atoms with E-state index < -0.39 is 11.3 Å². The monoisotopic (exact) mass is 600 g/mol. The molecule has 0 saturated carbocycles. The number of amides is 3. The first-order chi connectivity index (χ1) is 12.7. The number of imide groups is 1. The van der Waals surface area contributed by atoms with Crippen molar-refractivity contribution in [3.8, 4) is 0 Å². The first-order valence-electron chi connectivity index (χ1n) is 10.2. The number of nitrogens with zero attached hydrogens (tertiary/aromatic N) is 1. The molecule has 0 aliphatic carbocycles. The molecule has 0 saturated heterocycles. The molecule has 2 N–H and O–H groups in total. The summed E-state index contributed by atoms with van der Waals surface area (Å²) in [7, 11) is 3.50. The van der Waals surface area contributed by atoms with E-state index in [0.29, 0.717) is 24.7 Å². The van der Waals surface area contributed by atoms with Gasteiger partial charge in [-0.1, -0.05) is 69.2 Å². The van der Waals surface area contributed by atoms with E-state index in [2.05, 4.69) is 52.2 Å². The van der Waals surface area contributed by atoms with Gasteiger partial charge in [0.2, 0.25) is 12.3 Å². The molecular formula is C23H50N3O3W-3. The average molecular weight is 601 g/mol. The van der Waals surface area contributed by atoms with Crippen molar-refractivity contribution in [3.63, 3.8) is 0 Å². The zero-order valence-electron chi connectivity index (χ0n) is 21.9. The molecular weight excluding hydrogens is 550 g/mol. The van der Waals surface area contributed by atoms with Gasteiger partial charge in [-0.15, -0.1) is 0 Å². The average Bonchev–Trinajstić information content (AvgIpc) is 2.56. The van der Waals surface area contributed by atoms with Crippen LogP contribution in [0.1, 0.15) is 88.5 Å². The van der Waals surface area contributed by atoms with Crippen LogP contribution in [-0.4, -0.2) is 32.3 Å². The summed E-state index contributed by atoms with van der Waals surface area (Å²) < 4.78 is 0. The Morgan fingerprint density at radius 3 is 1.60 bits per heavy atom. The van der Waals surface area contributed by atoms with Gasteiger partial charge < -0.3 is 23.3 Å². The maximum atomic E-state index is 11.2. The van der Waals surface area contributed by atoms with E-state index in [-0.39, 0.29) is 39.8 Å². The molecule has 0 radical (unpaired) electrons. The molecule has 1 atom stereocenters. The molecule has 0 aromatic rings. The smallest absolute Gasteiger partial charge is 0.226 e. The molecule has 30 heavy (non-hydrogen) atoms. The fourth-order valence-electron chi connectivity index (χ4n) is 2.33. The Labute approximate surface area is 202 Å². The van der Waals surface area contributed by atoms with Gasteiger partial charge in [0.15, 0.2) is 0 Å². The topological polar surface area (TPSA) is 101 Å². The molecule has 6 nitrogen and oxygen atoms in total. The number of hydrogen-bond donors (Lipinski definition) is 1. The standard InChI is InChI=1S/C10H19NO2.C8H17NO.C2H6N.C2H6.CH3.W/c1-5-10(4,8(2)3)6-9(13)11-7-12;1-6(2)5-8(3,4)7(9)10;1-3-2;1-2;;/h7-8H,5-6H2,1-4H3,(H,11,12,13);6H,5H2,1-4H3,(H2,9,10);1-2H3;1-2H3;1H3;/q;;-1;;-1;/p-1. The summed E-state index contributed by atoms with van der Waals surface area (Å²) in [6.45, 7) is 20.1. The number of rotatable bonds is 8. The van der Waals surface area contributed by atoms with Crippen LogP contribution in [0, 0.1) is 30.1 Å². The Hall–Kier alpha value is -0.742. The van der Waals surface area contributed by atoms with Gasteiger partial charge in [0.05, 0.1) is 5.91 Å². The summed E-state index contributed by atoms with van der Waals surface area (Å²) in [6.07, 6.45) is 2.60. The molecule has 7 heteroatoms. The first-order valence-corrected chi connectivity index (χ1v) is 10.2. The van der Waals surface area contributed by atoms with Crippen LogP contribution in [0.15, 0.2) is 0 Å². The van der Waals surface area contributed by atoms with Gasteiger partial charge >= 0.3 is 0 Å². The minimum Gasteiger partial charge on any atom is -0.668 e. The minimum atomic E-state index is -0.457. The number of carbonyl (C=O) groups excluding carboxylic acids is 3. The Bertz CT molecular complexity index is 414. The van der Waals surface area contributed by atoms with E-state index in [1.807, 2.05) is 27.7 Å². The van der Waals surface area contributed by atoms with Crippen molar-refractivity contribution in [2.24, 2.45) is 22.7 Å². The van der Waals surface area contributed by atoms with Gasteiger partial charge in [0.25, 0.3) is 0 Å². The molecule has 3 amide bonds. The molecule has 0 aromatic carbocycles. The zero-order valence-corrected chi connectivity index (χ0v) is 24.9. The van der Waals surface area contributed by atoms with Crippen LogP contribution in [0.5, 0.6) is 0 Å². The van der Waals surface area contributed by atoms with Crippen molar-refractivity contribution < 1.29 is 35.4 Å². The molecule has 0 fully saturated rings. The maximum absolute atomic E-state index is 11.2. The van der Waals surface area contributed by atoms with Crippen LogP contribution < -0.4 is 5.32 Å². The van der Waals surface area contributed by atoms with Crippen LogP contribution >= 0.6 is 0 Å². The Balaban J connectivity index is -0.0000000759. The Morgan fingerprint density at radius 1 is 1.07 bits per heavy atom. The summed E-state index contributed by atoms with van der Waals surface area (Å²) in [6, 6.07) is 0. The summed E-state index contributed by atoms with van der Waals surface area (Å²) in [5.41, 5.74) is 6.48.